The van der Waals surface area contributed by atoms with Crippen LogP contribution in [0, 0.1) is 17.5 Å². The first-order valence-electron chi connectivity index (χ1n) is 10.4. The van der Waals surface area contributed by atoms with Crippen LogP contribution in [-0.4, -0.2) is 30.3 Å². The quantitative estimate of drug-likeness (QED) is 0.334. The van der Waals surface area contributed by atoms with Gasteiger partial charge in [0.1, 0.15) is 23.5 Å². The van der Waals surface area contributed by atoms with Gasteiger partial charge in [0.05, 0.1) is 11.8 Å². The van der Waals surface area contributed by atoms with Gasteiger partial charge in [-0.2, -0.15) is 10.1 Å². The molecule has 3 heterocycles. The molecular weight excluding hydrogens is 467 g/mol. The third-order valence-electron chi connectivity index (χ3n) is 5.58. The molecule has 178 valence electrons. The van der Waals surface area contributed by atoms with E-state index >= 15 is 4.39 Å². The lowest BCUT2D eigenvalue weighted by Gasteiger charge is -2.24. The average Bonchev–Trinajstić information content (AvgIpc) is 3.40. The highest BCUT2D eigenvalue weighted by atomic mass is 19.3. The van der Waals surface area contributed by atoms with Crippen molar-refractivity contribution in [1.29, 1.82) is 0 Å². The summed E-state index contributed by atoms with van der Waals surface area (Å²) in [6.45, 7) is 0.715. The molecule has 0 saturated carbocycles. The van der Waals surface area contributed by atoms with Crippen LogP contribution in [-0.2, 0) is 0 Å². The summed E-state index contributed by atoms with van der Waals surface area (Å²) in [5.74, 6) is -5.56. The van der Waals surface area contributed by atoms with Crippen molar-refractivity contribution in [2.24, 2.45) is 0 Å². The van der Waals surface area contributed by atoms with E-state index in [0.29, 0.717) is 12.6 Å². The van der Waals surface area contributed by atoms with Gasteiger partial charge in [0.2, 0.25) is 5.95 Å². The van der Waals surface area contributed by atoms with Gasteiger partial charge in [0.15, 0.2) is 5.65 Å². The molecule has 5 aromatic rings. The van der Waals surface area contributed by atoms with Crippen LogP contribution in [0.4, 0.5) is 27.9 Å². The number of fused-ring (bicyclic) bond motifs is 1. The second-order valence-electron chi connectivity index (χ2n) is 8.09. The van der Waals surface area contributed by atoms with Crippen LogP contribution in [0.3, 0.4) is 0 Å². The van der Waals surface area contributed by atoms with Crippen LogP contribution in [0.25, 0.3) is 27.9 Å². The van der Waals surface area contributed by atoms with Crippen LogP contribution in [0.5, 0.6) is 0 Å². The average molecular weight is 484 g/mol. The lowest BCUT2D eigenvalue weighted by molar-refractivity contribution is -0.0217. The fourth-order valence-electron chi connectivity index (χ4n) is 4.04. The number of aromatic nitrogens is 5. The Morgan fingerprint density at radius 3 is 2.43 bits per heavy atom. The molecule has 0 aliphatic carbocycles. The molecule has 0 fully saturated rings. The lowest BCUT2D eigenvalue weighted by atomic mass is 9.99. The van der Waals surface area contributed by atoms with E-state index in [1.165, 1.54) is 53.4 Å². The number of nitrogens with zero attached hydrogens (tertiary/aromatic N) is 5. The van der Waals surface area contributed by atoms with Crippen molar-refractivity contribution in [3.63, 3.8) is 0 Å². The monoisotopic (exact) mass is 484 g/mol. The van der Waals surface area contributed by atoms with E-state index in [9.17, 15) is 17.6 Å². The van der Waals surface area contributed by atoms with Gasteiger partial charge >= 0.3 is 0 Å². The van der Waals surface area contributed by atoms with Crippen molar-refractivity contribution >= 4 is 11.6 Å². The topological polar surface area (TPSA) is 74.0 Å². The number of hydrogen-bond donors (Lipinski definition) is 1. The predicted octanol–water partition coefficient (Wildman–Crippen LogP) is 5.50. The van der Waals surface area contributed by atoms with Gasteiger partial charge in [-0.05, 0) is 47.5 Å². The summed E-state index contributed by atoms with van der Waals surface area (Å²) in [6, 6.07) is 8.23. The number of halogens is 5. The molecule has 1 atom stereocenters. The van der Waals surface area contributed by atoms with Crippen molar-refractivity contribution in [2.45, 2.75) is 18.9 Å². The number of rotatable bonds is 5. The SMILES string of the molecule is CC(F)(F)[C@@H](c1ccc(F)cc1)n1cc(-c2ccc(F)c(-c3ccn4nc(N)nc4c3)c2F)cn1. The van der Waals surface area contributed by atoms with E-state index in [1.54, 1.807) is 0 Å². The Kier molecular flexibility index (Phi) is 5.27. The normalized spacial score (nSPS) is 12.9. The maximum atomic E-state index is 15.6. The molecule has 0 amide bonds. The van der Waals surface area contributed by atoms with E-state index in [4.69, 9.17) is 5.73 Å². The van der Waals surface area contributed by atoms with E-state index < -0.39 is 29.4 Å². The number of nitrogen functional groups attached to an aromatic ring is 1. The molecular formula is C24H17F5N6. The summed E-state index contributed by atoms with van der Waals surface area (Å²) in [7, 11) is 0. The Morgan fingerprint density at radius 2 is 1.71 bits per heavy atom. The van der Waals surface area contributed by atoms with Gasteiger partial charge < -0.3 is 5.73 Å². The highest BCUT2D eigenvalue weighted by molar-refractivity contribution is 5.75. The van der Waals surface area contributed by atoms with Crippen molar-refractivity contribution in [3.05, 3.63) is 90.1 Å². The van der Waals surface area contributed by atoms with Gasteiger partial charge in [0, 0.05) is 30.4 Å². The molecule has 0 aliphatic rings. The first kappa shape index (κ1) is 22.5. The Labute approximate surface area is 195 Å². The van der Waals surface area contributed by atoms with Gasteiger partial charge in [-0.15, -0.1) is 5.10 Å². The summed E-state index contributed by atoms with van der Waals surface area (Å²) in [4.78, 5) is 4.00. The molecule has 5 rings (SSSR count). The molecule has 0 radical (unpaired) electrons. The molecule has 0 unspecified atom stereocenters. The minimum absolute atomic E-state index is 0.00712. The second-order valence-corrected chi connectivity index (χ2v) is 8.09. The highest BCUT2D eigenvalue weighted by Crippen LogP contribution is 2.37. The minimum atomic E-state index is -3.27. The largest absolute Gasteiger partial charge is 0.366 e. The van der Waals surface area contributed by atoms with Crippen LogP contribution >= 0.6 is 0 Å². The van der Waals surface area contributed by atoms with Crippen LogP contribution in [0.15, 0.2) is 67.1 Å². The zero-order chi connectivity index (χ0) is 24.9. The Balaban J connectivity index is 1.58. The molecule has 0 aliphatic heterocycles. The maximum Gasteiger partial charge on any atom is 0.271 e. The smallest absolute Gasteiger partial charge is 0.271 e. The molecule has 0 spiro atoms. The first-order valence-corrected chi connectivity index (χ1v) is 10.4. The van der Waals surface area contributed by atoms with Crippen molar-refractivity contribution < 1.29 is 22.0 Å². The molecule has 35 heavy (non-hydrogen) atoms. The summed E-state index contributed by atoms with van der Waals surface area (Å²) in [5, 5.41) is 7.94. The zero-order valence-electron chi connectivity index (χ0n) is 18.1. The summed E-state index contributed by atoms with van der Waals surface area (Å²) in [5.41, 5.74) is 5.98. The summed E-state index contributed by atoms with van der Waals surface area (Å²) < 4.78 is 75.0. The Hall–Kier alpha value is -4.28. The molecule has 6 nitrogen and oxygen atoms in total. The number of pyridine rings is 1. The van der Waals surface area contributed by atoms with E-state index in [0.717, 1.165) is 22.9 Å². The molecule has 0 bridgehead atoms. The molecule has 2 aromatic carbocycles. The molecule has 11 heteroatoms. The lowest BCUT2D eigenvalue weighted by Crippen LogP contribution is -2.29. The third-order valence-corrected chi connectivity index (χ3v) is 5.58. The summed E-state index contributed by atoms with van der Waals surface area (Å²) >= 11 is 0. The van der Waals surface area contributed by atoms with E-state index in [2.05, 4.69) is 15.2 Å². The van der Waals surface area contributed by atoms with Crippen molar-refractivity contribution in [2.75, 3.05) is 5.73 Å². The van der Waals surface area contributed by atoms with E-state index in [-0.39, 0.29) is 33.8 Å². The number of benzene rings is 2. The first-order chi connectivity index (χ1) is 16.6. The molecule has 0 saturated heterocycles. The van der Waals surface area contributed by atoms with Gasteiger partial charge in [-0.1, -0.05) is 12.1 Å². The van der Waals surface area contributed by atoms with Gasteiger partial charge in [-0.25, -0.2) is 26.5 Å². The number of nitrogens with two attached hydrogens (primary N) is 1. The second kappa shape index (κ2) is 8.19. The Morgan fingerprint density at radius 1 is 0.971 bits per heavy atom. The highest BCUT2D eigenvalue weighted by Gasteiger charge is 2.38. The standard InChI is InChI=1S/C24H17F5N6/c1-24(28,29)22(13-2-4-16(25)5-3-13)35-12-15(11-31-35)17-6-7-18(26)20(21(17)27)14-8-9-34-19(10-14)32-23(30)33-34/h2-12,22H,1H3,(H2,30,33)/t22-/m1/s1. The van der Waals surface area contributed by atoms with E-state index in [1.807, 2.05) is 0 Å². The van der Waals surface area contributed by atoms with Crippen LogP contribution in [0.1, 0.15) is 18.5 Å². The number of hydrogen-bond acceptors (Lipinski definition) is 4. The fourth-order valence-corrected chi connectivity index (χ4v) is 4.04. The zero-order valence-corrected chi connectivity index (χ0v) is 18.1. The van der Waals surface area contributed by atoms with Crippen molar-refractivity contribution in [3.8, 4) is 22.3 Å². The third kappa shape index (κ3) is 4.09. The number of anilines is 1. The van der Waals surface area contributed by atoms with Crippen molar-refractivity contribution in [1.82, 2.24) is 24.4 Å². The molecule has 2 N–H and O–H groups in total. The predicted molar refractivity (Wildman–Crippen MR) is 119 cm³/mol. The number of alkyl halides is 2. The minimum Gasteiger partial charge on any atom is -0.366 e. The van der Waals surface area contributed by atoms with Gasteiger partial charge in [0.25, 0.3) is 5.92 Å². The molecule has 3 aromatic heterocycles. The fraction of sp³-hybridized carbons (Fsp3) is 0.125. The van der Waals surface area contributed by atoms with Gasteiger partial charge in [-0.3, -0.25) is 4.68 Å². The van der Waals surface area contributed by atoms with Crippen LogP contribution < -0.4 is 5.73 Å². The van der Waals surface area contributed by atoms with Crippen LogP contribution in [0.2, 0.25) is 0 Å². The Bertz CT molecular complexity index is 1530. The summed E-state index contributed by atoms with van der Waals surface area (Å²) in [6.07, 6.45) is 3.92. The maximum absolute atomic E-state index is 15.6.